The van der Waals surface area contributed by atoms with Crippen molar-refractivity contribution in [1.29, 1.82) is 0 Å². The zero-order chi connectivity index (χ0) is 13.5. The van der Waals surface area contributed by atoms with Gasteiger partial charge in [-0.05, 0) is 13.0 Å². The normalized spacial score (nSPS) is 10.6. The molecule has 0 unspecified atom stereocenters. The third-order valence-electron chi connectivity index (χ3n) is 2.40. The van der Waals surface area contributed by atoms with E-state index in [9.17, 15) is 0 Å². The molecule has 19 heavy (non-hydrogen) atoms. The van der Waals surface area contributed by atoms with Gasteiger partial charge in [0.25, 0.3) is 0 Å². The molecule has 2 heterocycles. The van der Waals surface area contributed by atoms with Crippen LogP contribution in [0.5, 0.6) is 5.75 Å². The summed E-state index contributed by atoms with van der Waals surface area (Å²) in [7, 11) is 0. The summed E-state index contributed by atoms with van der Waals surface area (Å²) in [5.74, 6) is 1.28. The molecule has 5 nitrogen and oxygen atoms in total. The molecule has 6 heteroatoms. The van der Waals surface area contributed by atoms with Crippen molar-refractivity contribution in [2.24, 2.45) is 0 Å². The molecule has 102 valence electrons. The first kappa shape index (κ1) is 13.8. The minimum Gasteiger partial charge on any atom is -0.484 e. The van der Waals surface area contributed by atoms with Crippen molar-refractivity contribution in [3.63, 3.8) is 0 Å². The molecule has 0 aliphatic rings. The van der Waals surface area contributed by atoms with Gasteiger partial charge in [-0.15, -0.1) is 0 Å². The van der Waals surface area contributed by atoms with Crippen molar-refractivity contribution < 1.29 is 9.26 Å². The van der Waals surface area contributed by atoms with Crippen LogP contribution in [0, 0.1) is 0 Å². The molecule has 0 bridgehead atoms. The Morgan fingerprint density at radius 2 is 2.26 bits per heavy atom. The molecule has 0 saturated heterocycles. The van der Waals surface area contributed by atoms with Gasteiger partial charge in [-0.2, -0.15) is 0 Å². The molecular weight excluding hydrogens is 266 g/mol. The summed E-state index contributed by atoms with van der Waals surface area (Å²) >= 11 is 5.82. The molecular formula is C13H16ClN3O2. The Bertz CT molecular complexity index is 516. The van der Waals surface area contributed by atoms with Crippen molar-refractivity contribution in [2.45, 2.75) is 26.5 Å². The van der Waals surface area contributed by atoms with Crippen molar-refractivity contribution in [1.82, 2.24) is 15.5 Å². The third kappa shape index (κ3) is 4.54. The van der Waals surface area contributed by atoms with Gasteiger partial charge in [0, 0.05) is 24.9 Å². The molecule has 0 saturated carbocycles. The average Bonchev–Trinajstić information content (AvgIpc) is 2.85. The van der Waals surface area contributed by atoms with Crippen LogP contribution >= 0.6 is 11.6 Å². The Balaban J connectivity index is 1.83. The maximum absolute atomic E-state index is 5.82. The number of hydrogen-bond donors (Lipinski definition) is 1. The summed E-state index contributed by atoms with van der Waals surface area (Å²) in [5, 5.41) is 7.76. The fourth-order valence-electron chi connectivity index (χ4n) is 1.53. The lowest BCUT2D eigenvalue weighted by molar-refractivity contribution is 0.247. The van der Waals surface area contributed by atoms with Gasteiger partial charge >= 0.3 is 0 Å². The molecule has 2 rings (SSSR count). The number of pyridine rings is 1. The van der Waals surface area contributed by atoms with Gasteiger partial charge in [0.2, 0.25) is 0 Å². The van der Waals surface area contributed by atoms with Gasteiger partial charge in [-0.3, -0.25) is 4.98 Å². The monoisotopic (exact) mass is 281 g/mol. The van der Waals surface area contributed by atoms with E-state index in [0.717, 1.165) is 18.7 Å². The Hall–Kier alpha value is -1.59. The lowest BCUT2D eigenvalue weighted by atomic mass is 10.3. The summed E-state index contributed by atoms with van der Waals surface area (Å²) in [4.78, 5) is 3.94. The average molecular weight is 282 g/mol. The lowest BCUT2D eigenvalue weighted by Crippen LogP contribution is -2.13. The number of hydrogen-bond acceptors (Lipinski definition) is 5. The minimum atomic E-state index is 0.308. The number of halogens is 1. The van der Waals surface area contributed by atoms with Crippen LogP contribution in [0.25, 0.3) is 0 Å². The van der Waals surface area contributed by atoms with Crippen LogP contribution in [0.2, 0.25) is 5.02 Å². The van der Waals surface area contributed by atoms with E-state index in [-0.39, 0.29) is 0 Å². The summed E-state index contributed by atoms with van der Waals surface area (Å²) < 4.78 is 10.7. The summed E-state index contributed by atoms with van der Waals surface area (Å²) in [6.45, 7) is 4.10. The van der Waals surface area contributed by atoms with E-state index in [1.807, 2.05) is 6.07 Å². The van der Waals surface area contributed by atoms with Gasteiger partial charge in [0.05, 0.1) is 16.9 Å². The standard InChI is InChI=1S/C13H16ClN3O2/c1-2-3-15-7-11-5-13(19-17-11)9-18-12-4-10(14)6-16-8-12/h4-6,8,15H,2-3,7,9H2,1H3. The van der Waals surface area contributed by atoms with Crippen LogP contribution in [0.4, 0.5) is 0 Å². The Morgan fingerprint density at radius 1 is 1.37 bits per heavy atom. The van der Waals surface area contributed by atoms with E-state index in [4.69, 9.17) is 20.9 Å². The molecule has 0 radical (unpaired) electrons. The molecule has 0 aromatic carbocycles. The quantitative estimate of drug-likeness (QED) is 0.791. The van der Waals surface area contributed by atoms with Crippen LogP contribution in [-0.4, -0.2) is 16.7 Å². The maximum atomic E-state index is 5.82. The summed E-state index contributed by atoms with van der Waals surface area (Å²) in [6.07, 6.45) is 4.25. The van der Waals surface area contributed by atoms with Crippen LogP contribution < -0.4 is 10.1 Å². The lowest BCUT2D eigenvalue weighted by Gasteiger charge is -2.02. The van der Waals surface area contributed by atoms with Crippen LogP contribution in [0.15, 0.2) is 29.0 Å². The molecule has 0 atom stereocenters. The zero-order valence-corrected chi connectivity index (χ0v) is 11.5. The second-order valence-corrected chi connectivity index (χ2v) is 4.53. The third-order valence-corrected chi connectivity index (χ3v) is 2.61. The second kappa shape index (κ2) is 7.11. The smallest absolute Gasteiger partial charge is 0.174 e. The van der Waals surface area contributed by atoms with E-state index in [0.29, 0.717) is 29.7 Å². The summed E-state index contributed by atoms with van der Waals surface area (Å²) in [6, 6.07) is 3.58. The molecule has 0 aliphatic heterocycles. The number of ether oxygens (including phenoxy) is 1. The number of nitrogens with one attached hydrogen (secondary N) is 1. The fraction of sp³-hybridized carbons (Fsp3) is 0.385. The van der Waals surface area contributed by atoms with Crippen LogP contribution in [-0.2, 0) is 13.2 Å². The van der Waals surface area contributed by atoms with Gasteiger partial charge in [-0.1, -0.05) is 23.7 Å². The highest BCUT2D eigenvalue weighted by molar-refractivity contribution is 6.30. The topological polar surface area (TPSA) is 60.2 Å². The first-order valence-corrected chi connectivity index (χ1v) is 6.54. The van der Waals surface area contributed by atoms with Gasteiger partial charge < -0.3 is 14.6 Å². The molecule has 0 spiro atoms. The SMILES string of the molecule is CCCNCc1cc(COc2cncc(Cl)c2)on1. The van der Waals surface area contributed by atoms with Gasteiger partial charge in [0.1, 0.15) is 12.4 Å². The first-order chi connectivity index (χ1) is 9.28. The van der Waals surface area contributed by atoms with E-state index in [1.54, 1.807) is 18.5 Å². The van der Waals surface area contributed by atoms with E-state index in [1.165, 1.54) is 0 Å². The zero-order valence-electron chi connectivity index (χ0n) is 10.7. The van der Waals surface area contributed by atoms with Crippen molar-refractivity contribution in [2.75, 3.05) is 6.54 Å². The van der Waals surface area contributed by atoms with E-state index < -0.39 is 0 Å². The van der Waals surface area contributed by atoms with Crippen LogP contribution in [0.1, 0.15) is 24.8 Å². The minimum absolute atomic E-state index is 0.308. The molecule has 1 N–H and O–H groups in total. The predicted octanol–water partition coefficient (Wildman–Crippen LogP) is 2.80. The summed E-state index contributed by atoms with van der Waals surface area (Å²) in [5.41, 5.74) is 0.872. The Labute approximate surface area is 116 Å². The molecule has 2 aromatic rings. The number of nitrogens with zero attached hydrogens (tertiary/aromatic N) is 2. The fourth-order valence-corrected chi connectivity index (χ4v) is 1.69. The highest BCUT2D eigenvalue weighted by Gasteiger charge is 2.05. The van der Waals surface area contributed by atoms with E-state index >= 15 is 0 Å². The molecule has 2 aromatic heterocycles. The highest BCUT2D eigenvalue weighted by atomic mass is 35.5. The van der Waals surface area contributed by atoms with Crippen molar-refractivity contribution in [3.8, 4) is 5.75 Å². The van der Waals surface area contributed by atoms with Gasteiger partial charge in [0.15, 0.2) is 5.76 Å². The second-order valence-electron chi connectivity index (χ2n) is 4.09. The maximum Gasteiger partial charge on any atom is 0.174 e. The highest BCUT2D eigenvalue weighted by Crippen LogP contribution is 2.16. The van der Waals surface area contributed by atoms with Crippen molar-refractivity contribution in [3.05, 3.63) is 41.0 Å². The molecule has 0 amide bonds. The van der Waals surface area contributed by atoms with Gasteiger partial charge in [-0.25, -0.2) is 0 Å². The van der Waals surface area contributed by atoms with Crippen LogP contribution in [0.3, 0.4) is 0 Å². The van der Waals surface area contributed by atoms with E-state index in [2.05, 4.69) is 22.4 Å². The predicted molar refractivity (Wildman–Crippen MR) is 72.1 cm³/mol. The first-order valence-electron chi connectivity index (χ1n) is 6.16. The largest absolute Gasteiger partial charge is 0.484 e. The van der Waals surface area contributed by atoms with Crippen molar-refractivity contribution >= 4 is 11.6 Å². The Kier molecular flexibility index (Phi) is 5.18. The molecule has 0 aliphatic carbocycles. The number of rotatable bonds is 7. The Morgan fingerprint density at radius 3 is 3.05 bits per heavy atom. The number of aromatic nitrogens is 2. The molecule has 0 fully saturated rings.